The SMILES string of the molecule is CCc1cccc(CC)c1N1C[C@H](C(=O)Oc2ccc(N3C(=O)[C@H]4C[C@H](C)CC[C@H]4C3=O)cc2)CC1=O. The van der Waals surface area contributed by atoms with E-state index in [1.165, 1.54) is 4.90 Å². The summed E-state index contributed by atoms with van der Waals surface area (Å²) in [7, 11) is 0. The van der Waals surface area contributed by atoms with E-state index >= 15 is 0 Å². The van der Waals surface area contributed by atoms with Crippen molar-refractivity contribution in [1.29, 1.82) is 0 Å². The van der Waals surface area contributed by atoms with Crippen molar-refractivity contribution in [2.45, 2.75) is 59.3 Å². The van der Waals surface area contributed by atoms with Gasteiger partial charge in [0.1, 0.15) is 5.75 Å². The molecule has 0 N–H and O–H groups in total. The molecule has 37 heavy (non-hydrogen) atoms. The molecule has 0 radical (unpaired) electrons. The number of esters is 1. The first-order valence-electron chi connectivity index (χ1n) is 13.4. The number of carbonyl (C=O) groups excluding carboxylic acids is 4. The second-order valence-electron chi connectivity index (χ2n) is 10.6. The predicted octanol–water partition coefficient (Wildman–Crippen LogP) is 4.70. The average Bonchev–Trinajstić information content (AvgIpc) is 3.40. The van der Waals surface area contributed by atoms with Crippen molar-refractivity contribution < 1.29 is 23.9 Å². The number of para-hydroxylation sites is 1. The average molecular weight is 503 g/mol. The fourth-order valence-corrected chi connectivity index (χ4v) is 6.15. The standard InChI is InChI=1S/C30H34N2O5/c1-4-19-7-6-8-20(5-2)27(19)31-17-21(16-26(31)33)30(36)37-23-12-10-22(11-13-23)32-28(34)24-14-9-18(3)15-25(24)29(32)35/h6-8,10-13,18,21,24-25H,4-5,9,14-17H2,1-3H3/t18-,21-,24-,25+/m1/s1. The monoisotopic (exact) mass is 502 g/mol. The lowest BCUT2D eigenvalue weighted by atomic mass is 9.76. The van der Waals surface area contributed by atoms with Crippen LogP contribution in [0.4, 0.5) is 11.4 Å². The van der Waals surface area contributed by atoms with Gasteiger partial charge in [-0.1, -0.05) is 39.0 Å². The van der Waals surface area contributed by atoms with Crippen molar-refractivity contribution in [3.05, 3.63) is 53.6 Å². The van der Waals surface area contributed by atoms with Gasteiger partial charge in [-0.25, -0.2) is 0 Å². The molecule has 194 valence electrons. The van der Waals surface area contributed by atoms with Crippen LogP contribution in [0.2, 0.25) is 0 Å². The highest BCUT2D eigenvalue weighted by molar-refractivity contribution is 6.22. The number of amides is 3. The van der Waals surface area contributed by atoms with Crippen molar-refractivity contribution in [3.8, 4) is 5.75 Å². The number of nitrogens with zero attached hydrogens (tertiary/aromatic N) is 2. The van der Waals surface area contributed by atoms with Gasteiger partial charge in [-0.3, -0.25) is 24.1 Å². The van der Waals surface area contributed by atoms with Gasteiger partial charge in [0, 0.05) is 18.7 Å². The Morgan fingerprint density at radius 2 is 1.57 bits per heavy atom. The molecule has 2 saturated heterocycles. The van der Waals surface area contributed by atoms with Crippen LogP contribution in [0.15, 0.2) is 42.5 Å². The largest absolute Gasteiger partial charge is 0.426 e. The molecule has 2 aromatic rings. The smallest absolute Gasteiger partial charge is 0.316 e. The Morgan fingerprint density at radius 3 is 2.22 bits per heavy atom. The topological polar surface area (TPSA) is 84.0 Å². The first-order valence-corrected chi connectivity index (χ1v) is 13.4. The van der Waals surface area contributed by atoms with E-state index in [0.29, 0.717) is 17.4 Å². The summed E-state index contributed by atoms with van der Waals surface area (Å²) >= 11 is 0. The van der Waals surface area contributed by atoms with Gasteiger partial charge in [-0.2, -0.15) is 0 Å². The molecule has 1 aliphatic carbocycles. The van der Waals surface area contributed by atoms with Crippen LogP contribution < -0.4 is 14.5 Å². The van der Waals surface area contributed by atoms with Gasteiger partial charge in [-0.15, -0.1) is 0 Å². The van der Waals surface area contributed by atoms with E-state index in [1.54, 1.807) is 29.2 Å². The second-order valence-corrected chi connectivity index (χ2v) is 10.6. The molecular formula is C30H34N2O5. The van der Waals surface area contributed by atoms with Crippen LogP contribution in [-0.4, -0.2) is 30.2 Å². The summed E-state index contributed by atoms with van der Waals surface area (Å²) in [5, 5.41) is 0. The Hall–Kier alpha value is -3.48. The first-order chi connectivity index (χ1) is 17.8. The van der Waals surface area contributed by atoms with Crippen LogP contribution in [0.5, 0.6) is 5.75 Å². The molecule has 7 nitrogen and oxygen atoms in total. The molecule has 1 saturated carbocycles. The number of rotatable bonds is 6. The molecule has 5 rings (SSSR count). The molecule has 0 bridgehead atoms. The van der Waals surface area contributed by atoms with Gasteiger partial charge >= 0.3 is 5.97 Å². The number of benzene rings is 2. The van der Waals surface area contributed by atoms with Crippen LogP contribution in [-0.2, 0) is 32.0 Å². The lowest BCUT2D eigenvalue weighted by Gasteiger charge is -2.25. The summed E-state index contributed by atoms with van der Waals surface area (Å²) < 4.78 is 5.62. The van der Waals surface area contributed by atoms with Gasteiger partial charge in [0.05, 0.1) is 23.4 Å². The lowest BCUT2D eigenvalue weighted by Crippen LogP contribution is -2.30. The minimum absolute atomic E-state index is 0.0743. The minimum Gasteiger partial charge on any atom is -0.426 e. The third-order valence-corrected chi connectivity index (χ3v) is 8.19. The van der Waals surface area contributed by atoms with Gasteiger partial charge in [0.2, 0.25) is 17.7 Å². The summed E-state index contributed by atoms with van der Waals surface area (Å²) in [5.74, 6) is -1.04. The van der Waals surface area contributed by atoms with Crippen molar-refractivity contribution >= 4 is 35.1 Å². The molecular weight excluding hydrogens is 468 g/mol. The van der Waals surface area contributed by atoms with E-state index < -0.39 is 11.9 Å². The summed E-state index contributed by atoms with van der Waals surface area (Å²) in [6.07, 6.45) is 4.18. The molecule has 0 unspecified atom stereocenters. The zero-order chi connectivity index (χ0) is 26.3. The van der Waals surface area contributed by atoms with E-state index in [-0.39, 0.29) is 42.5 Å². The van der Waals surface area contributed by atoms with Crippen LogP contribution in [0.1, 0.15) is 57.6 Å². The van der Waals surface area contributed by atoms with E-state index in [2.05, 4.69) is 20.8 Å². The Morgan fingerprint density at radius 1 is 0.919 bits per heavy atom. The lowest BCUT2D eigenvalue weighted by molar-refractivity contribution is -0.139. The Labute approximate surface area is 217 Å². The summed E-state index contributed by atoms with van der Waals surface area (Å²) in [6, 6.07) is 12.6. The number of anilines is 2. The number of imide groups is 1. The van der Waals surface area contributed by atoms with Crippen molar-refractivity contribution in [2.24, 2.45) is 23.7 Å². The Balaban J connectivity index is 1.26. The number of carbonyl (C=O) groups is 4. The number of fused-ring (bicyclic) bond motifs is 1. The van der Waals surface area contributed by atoms with Crippen LogP contribution >= 0.6 is 0 Å². The molecule has 3 aliphatic rings. The van der Waals surface area contributed by atoms with E-state index in [1.807, 2.05) is 18.2 Å². The minimum atomic E-state index is -0.561. The van der Waals surface area contributed by atoms with Gasteiger partial charge in [0.15, 0.2) is 0 Å². The van der Waals surface area contributed by atoms with Crippen molar-refractivity contribution in [1.82, 2.24) is 0 Å². The third kappa shape index (κ3) is 4.56. The third-order valence-electron chi connectivity index (χ3n) is 8.19. The zero-order valence-corrected chi connectivity index (χ0v) is 21.7. The van der Waals surface area contributed by atoms with Gasteiger partial charge in [-0.05, 0) is 73.4 Å². The highest BCUT2D eigenvalue weighted by Gasteiger charge is 2.50. The maximum absolute atomic E-state index is 13.0. The molecule has 2 heterocycles. The Kier molecular flexibility index (Phi) is 6.88. The Bertz CT molecular complexity index is 1210. The zero-order valence-electron chi connectivity index (χ0n) is 21.7. The number of ether oxygens (including phenoxy) is 1. The quantitative estimate of drug-likeness (QED) is 0.325. The predicted molar refractivity (Wildman–Crippen MR) is 140 cm³/mol. The fourth-order valence-electron chi connectivity index (χ4n) is 6.15. The fraction of sp³-hybridized carbons (Fsp3) is 0.467. The van der Waals surface area contributed by atoms with Crippen molar-refractivity contribution in [2.75, 3.05) is 16.3 Å². The highest BCUT2D eigenvalue weighted by atomic mass is 16.5. The first kappa shape index (κ1) is 25.2. The maximum atomic E-state index is 13.0. The molecule has 0 spiro atoms. The molecule has 2 aliphatic heterocycles. The van der Waals surface area contributed by atoms with Gasteiger partial charge in [0.25, 0.3) is 0 Å². The maximum Gasteiger partial charge on any atom is 0.316 e. The van der Waals surface area contributed by atoms with Crippen molar-refractivity contribution in [3.63, 3.8) is 0 Å². The van der Waals surface area contributed by atoms with E-state index in [4.69, 9.17) is 4.74 Å². The summed E-state index contributed by atoms with van der Waals surface area (Å²) in [6.45, 7) is 6.54. The van der Waals surface area contributed by atoms with E-state index in [0.717, 1.165) is 48.9 Å². The van der Waals surface area contributed by atoms with Crippen LogP contribution in [0, 0.1) is 23.7 Å². The molecule has 7 heteroatoms. The normalized spacial score (nSPS) is 25.5. The summed E-state index contributed by atoms with van der Waals surface area (Å²) in [4.78, 5) is 54.8. The molecule has 2 aromatic carbocycles. The molecule has 4 atom stereocenters. The highest BCUT2D eigenvalue weighted by Crippen LogP contribution is 2.42. The number of hydrogen-bond donors (Lipinski definition) is 0. The second kappa shape index (κ2) is 10.1. The van der Waals surface area contributed by atoms with Gasteiger partial charge < -0.3 is 9.64 Å². The summed E-state index contributed by atoms with van der Waals surface area (Å²) in [5.41, 5.74) is 3.62. The molecule has 3 fully saturated rings. The van der Waals surface area contributed by atoms with Crippen LogP contribution in [0.3, 0.4) is 0 Å². The van der Waals surface area contributed by atoms with Crippen LogP contribution in [0.25, 0.3) is 0 Å². The molecule has 3 amide bonds. The van der Waals surface area contributed by atoms with E-state index in [9.17, 15) is 19.2 Å². The molecule has 0 aromatic heterocycles. The number of hydrogen-bond acceptors (Lipinski definition) is 5. The number of aryl methyl sites for hydroxylation is 2.